The van der Waals surface area contributed by atoms with Gasteiger partial charge in [0.15, 0.2) is 0 Å². The van der Waals surface area contributed by atoms with Crippen LogP contribution in [0.4, 0.5) is 10.5 Å². The second kappa shape index (κ2) is 11.9. The van der Waals surface area contributed by atoms with Crippen molar-refractivity contribution in [3.05, 3.63) is 103 Å². The normalized spacial score (nSPS) is 18.8. The number of nitrogens with zero attached hydrogens (tertiary/aromatic N) is 4. The predicted molar refractivity (Wildman–Crippen MR) is 158 cm³/mol. The molecule has 2 aliphatic rings. The fourth-order valence-corrected chi connectivity index (χ4v) is 5.54. The summed E-state index contributed by atoms with van der Waals surface area (Å²) in [7, 11) is 0. The molecule has 1 fully saturated rings. The van der Waals surface area contributed by atoms with E-state index >= 15 is 0 Å². The molecule has 0 bridgehead atoms. The van der Waals surface area contributed by atoms with Crippen LogP contribution in [-0.4, -0.2) is 58.2 Å². The third-order valence-corrected chi connectivity index (χ3v) is 7.51. The van der Waals surface area contributed by atoms with Crippen molar-refractivity contribution in [2.45, 2.75) is 32.0 Å². The fourth-order valence-electron chi connectivity index (χ4n) is 5.00. The number of nitro benzene ring substituents is 1. The van der Waals surface area contributed by atoms with Crippen LogP contribution in [0.2, 0.25) is 5.02 Å². The van der Waals surface area contributed by atoms with Crippen molar-refractivity contribution in [1.29, 1.82) is 0 Å². The number of non-ortho nitro benzene ring substituents is 1. The summed E-state index contributed by atoms with van der Waals surface area (Å²) in [5.41, 5.74) is 1.90. The maximum Gasteiger partial charge on any atom is 0.326 e. The number of benzene rings is 3. The molecule has 3 amide bonds. The minimum absolute atomic E-state index is 0.102. The number of piperazine rings is 1. The number of amides is 3. The van der Waals surface area contributed by atoms with Gasteiger partial charge in [-0.15, -0.1) is 0 Å². The molecule has 3 aromatic carbocycles. The molecular weight excluding hydrogens is 614 g/mol. The second-order valence-corrected chi connectivity index (χ2v) is 11.3. The van der Waals surface area contributed by atoms with Gasteiger partial charge in [-0.05, 0) is 55.3 Å². The molecule has 10 nitrogen and oxygen atoms in total. The van der Waals surface area contributed by atoms with Crippen molar-refractivity contribution in [3.63, 3.8) is 0 Å². The molecule has 2 aliphatic heterocycles. The zero-order chi connectivity index (χ0) is 29.3. The number of urea groups is 1. The van der Waals surface area contributed by atoms with E-state index in [-0.39, 0.29) is 35.8 Å². The molecule has 41 heavy (non-hydrogen) atoms. The topological polar surface area (TPSA) is 117 Å². The summed E-state index contributed by atoms with van der Waals surface area (Å²) in [5.74, 6) is 0.262. The average molecular weight is 641 g/mol. The number of amidine groups is 1. The zero-order valence-electron chi connectivity index (χ0n) is 22.3. The first kappa shape index (κ1) is 28.6. The molecule has 5 rings (SSSR count). The molecule has 0 saturated carbocycles. The van der Waals surface area contributed by atoms with E-state index in [0.717, 1.165) is 15.6 Å². The molecular formula is C29H27BrClN5O5. The number of carbonyl (C=O) groups is 2. The van der Waals surface area contributed by atoms with Gasteiger partial charge in [-0.25, -0.2) is 4.79 Å². The lowest BCUT2D eigenvalue weighted by atomic mass is 9.93. The third kappa shape index (κ3) is 6.06. The lowest BCUT2D eigenvalue weighted by Gasteiger charge is -2.36. The van der Waals surface area contributed by atoms with Crippen LogP contribution >= 0.6 is 27.5 Å². The molecule has 0 aliphatic carbocycles. The molecule has 1 N–H and O–H groups in total. The lowest BCUT2D eigenvalue weighted by Crippen LogP contribution is -2.55. The van der Waals surface area contributed by atoms with Gasteiger partial charge in [-0.1, -0.05) is 51.8 Å². The SMILES string of the molecule is CC(C)Oc1cc([N+](=O)[O-])ccc1C1=N[C@@H](c2ccc(Cl)cc2)[C@@H](c2cccc(Br)c2)N1C(=O)N1CCNC(=O)C1. The van der Waals surface area contributed by atoms with E-state index < -0.39 is 23.0 Å². The lowest BCUT2D eigenvalue weighted by molar-refractivity contribution is -0.384. The van der Waals surface area contributed by atoms with E-state index in [1.807, 2.05) is 50.2 Å². The summed E-state index contributed by atoms with van der Waals surface area (Å²) in [4.78, 5) is 45.9. The Hall–Kier alpha value is -3.96. The highest BCUT2D eigenvalue weighted by atomic mass is 79.9. The van der Waals surface area contributed by atoms with E-state index in [2.05, 4.69) is 21.2 Å². The van der Waals surface area contributed by atoms with Crippen molar-refractivity contribution in [1.82, 2.24) is 15.1 Å². The maximum absolute atomic E-state index is 14.3. The summed E-state index contributed by atoms with van der Waals surface area (Å²) < 4.78 is 6.85. The van der Waals surface area contributed by atoms with Crippen molar-refractivity contribution in [2.75, 3.05) is 19.6 Å². The molecule has 212 valence electrons. The number of halogens is 2. The number of hydrogen-bond donors (Lipinski definition) is 1. The first-order valence-corrected chi connectivity index (χ1v) is 14.2. The van der Waals surface area contributed by atoms with Gasteiger partial charge >= 0.3 is 6.03 Å². The van der Waals surface area contributed by atoms with Gasteiger partial charge in [0.2, 0.25) is 5.91 Å². The first-order valence-electron chi connectivity index (χ1n) is 13.0. The highest BCUT2D eigenvalue weighted by molar-refractivity contribution is 9.10. The molecule has 0 spiro atoms. The molecule has 0 radical (unpaired) electrons. The quantitative estimate of drug-likeness (QED) is 0.266. The zero-order valence-corrected chi connectivity index (χ0v) is 24.6. The smallest absolute Gasteiger partial charge is 0.326 e. The predicted octanol–water partition coefficient (Wildman–Crippen LogP) is 5.89. The molecule has 0 aromatic heterocycles. The summed E-state index contributed by atoms with van der Waals surface area (Å²) in [6.07, 6.45) is -0.305. The second-order valence-electron chi connectivity index (χ2n) is 9.98. The van der Waals surface area contributed by atoms with Gasteiger partial charge in [0.05, 0.1) is 28.7 Å². The molecule has 0 unspecified atom stereocenters. The summed E-state index contributed by atoms with van der Waals surface area (Å²) in [6, 6.07) is 17.6. The Balaban J connectivity index is 1.73. The van der Waals surface area contributed by atoms with Gasteiger partial charge in [0, 0.05) is 28.7 Å². The number of nitro groups is 1. The summed E-state index contributed by atoms with van der Waals surface area (Å²) in [5, 5.41) is 14.9. The van der Waals surface area contributed by atoms with Gasteiger partial charge < -0.3 is 15.0 Å². The van der Waals surface area contributed by atoms with Crippen LogP contribution in [0.15, 0.2) is 76.2 Å². The van der Waals surface area contributed by atoms with E-state index in [1.54, 1.807) is 23.1 Å². The summed E-state index contributed by atoms with van der Waals surface area (Å²) in [6.45, 7) is 4.17. The van der Waals surface area contributed by atoms with Crippen molar-refractivity contribution < 1.29 is 19.2 Å². The Kier molecular flexibility index (Phi) is 8.27. The molecule has 2 heterocycles. The van der Waals surface area contributed by atoms with Crippen molar-refractivity contribution in [2.24, 2.45) is 4.99 Å². The van der Waals surface area contributed by atoms with Crippen LogP contribution in [0.25, 0.3) is 0 Å². The molecule has 1 saturated heterocycles. The van der Waals surface area contributed by atoms with E-state index in [4.69, 9.17) is 21.3 Å². The van der Waals surface area contributed by atoms with E-state index in [9.17, 15) is 19.7 Å². The van der Waals surface area contributed by atoms with Crippen LogP contribution in [0.1, 0.15) is 42.6 Å². The van der Waals surface area contributed by atoms with Gasteiger partial charge in [0.25, 0.3) is 5.69 Å². The molecule has 2 atom stereocenters. The average Bonchev–Trinajstić information content (AvgIpc) is 3.33. The highest BCUT2D eigenvalue weighted by Gasteiger charge is 2.45. The fraction of sp³-hybridized carbons (Fsp3) is 0.276. The van der Waals surface area contributed by atoms with Gasteiger partial charge in [-0.2, -0.15) is 0 Å². The van der Waals surface area contributed by atoms with Crippen LogP contribution in [0, 0.1) is 10.1 Å². The van der Waals surface area contributed by atoms with Crippen LogP contribution in [0.5, 0.6) is 5.75 Å². The minimum Gasteiger partial charge on any atom is -0.490 e. The Labute approximate surface area is 250 Å². The number of aliphatic imine (C=N–C) groups is 1. The third-order valence-electron chi connectivity index (χ3n) is 6.76. The highest BCUT2D eigenvalue weighted by Crippen LogP contribution is 2.46. The Bertz CT molecular complexity index is 1530. The summed E-state index contributed by atoms with van der Waals surface area (Å²) >= 11 is 9.75. The monoisotopic (exact) mass is 639 g/mol. The van der Waals surface area contributed by atoms with Crippen LogP contribution in [0.3, 0.4) is 0 Å². The molecule has 12 heteroatoms. The van der Waals surface area contributed by atoms with Gasteiger partial charge in [-0.3, -0.25) is 24.8 Å². The number of ether oxygens (including phenoxy) is 1. The van der Waals surface area contributed by atoms with Crippen LogP contribution in [-0.2, 0) is 4.79 Å². The number of nitrogens with one attached hydrogen (secondary N) is 1. The maximum atomic E-state index is 14.3. The largest absolute Gasteiger partial charge is 0.490 e. The molecule has 3 aromatic rings. The number of hydrogen-bond acceptors (Lipinski definition) is 6. The van der Waals surface area contributed by atoms with Crippen LogP contribution < -0.4 is 10.1 Å². The van der Waals surface area contributed by atoms with E-state index in [0.29, 0.717) is 23.7 Å². The number of rotatable bonds is 6. The first-order chi connectivity index (χ1) is 19.6. The Morgan fingerprint density at radius 2 is 1.90 bits per heavy atom. The van der Waals surface area contributed by atoms with Crippen molar-refractivity contribution in [3.8, 4) is 5.75 Å². The Morgan fingerprint density at radius 1 is 1.15 bits per heavy atom. The van der Waals surface area contributed by atoms with Crippen molar-refractivity contribution >= 4 is 51.0 Å². The number of carbonyl (C=O) groups excluding carboxylic acids is 2. The Morgan fingerprint density at radius 3 is 2.56 bits per heavy atom. The minimum atomic E-state index is -0.608. The van der Waals surface area contributed by atoms with E-state index in [1.165, 1.54) is 17.0 Å². The van der Waals surface area contributed by atoms with Gasteiger partial charge in [0.1, 0.15) is 24.2 Å². The standard InChI is InChI=1S/C29H27BrClN5O5/c1-17(2)41-24-15-22(36(39)40)10-11-23(24)28-33-26(18-6-8-21(31)9-7-18)27(19-4-3-5-20(30)14-19)35(28)29(38)34-13-12-32-25(37)16-34/h3-11,14-15,17,26-27H,12-13,16H2,1-2H3,(H,32,37)/t26-,27+/m0/s1.